The van der Waals surface area contributed by atoms with E-state index < -0.39 is 6.03 Å². The maximum atomic E-state index is 11.9. The number of nitrogens with one attached hydrogen (secondary N) is 2. The predicted octanol–water partition coefficient (Wildman–Crippen LogP) is 2.86. The van der Waals surface area contributed by atoms with Gasteiger partial charge in [0, 0.05) is 17.3 Å². The van der Waals surface area contributed by atoms with Crippen LogP contribution in [0.15, 0.2) is 41.5 Å². The van der Waals surface area contributed by atoms with Crippen LogP contribution in [0, 0.1) is 0 Å². The third kappa shape index (κ3) is 4.01. The van der Waals surface area contributed by atoms with Crippen LogP contribution < -0.4 is 20.2 Å². The van der Waals surface area contributed by atoms with Crippen LogP contribution in [0.1, 0.15) is 5.56 Å². The Bertz CT molecular complexity index is 925. The molecule has 0 saturated heterocycles. The van der Waals surface area contributed by atoms with Crippen molar-refractivity contribution in [3.05, 3.63) is 42.0 Å². The van der Waals surface area contributed by atoms with Crippen LogP contribution in [0.4, 0.5) is 10.5 Å². The standard InChI is InChI=1S/C16H15N5O3S/c1-23-12-5-3-10(15(8-12)24-2)9-17-19-16(22)18-11-4-6-13-14(7-11)21-25-20-13/h3-9H,1-2H3,(H2,18,19,22). The van der Waals surface area contributed by atoms with Crippen LogP contribution >= 0.6 is 11.7 Å². The number of hydrogen-bond acceptors (Lipinski definition) is 7. The predicted molar refractivity (Wildman–Crippen MR) is 96.7 cm³/mol. The molecule has 0 spiro atoms. The molecule has 1 heterocycles. The SMILES string of the molecule is COc1ccc(C=NNC(=O)Nc2ccc3nsnc3c2)c(OC)c1. The average Bonchev–Trinajstić information content (AvgIpc) is 3.09. The van der Waals surface area contributed by atoms with Crippen LogP contribution in [0.2, 0.25) is 0 Å². The minimum absolute atomic E-state index is 0.466. The summed E-state index contributed by atoms with van der Waals surface area (Å²) in [4.78, 5) is 11.9. The summed E-state index contributed by atoms with van der Waals surface area (Å²) in [6, 6.07) is 10.1. The Kier molecular flexibility index (Phi) is 5.05. The number of fused-ring (bicyclic) bond motifs is 1. The Hall–Kier alpha value is -3.20. The average molecular weight is 357 g/mol. The molecule has 2 amide bonds. The van der Waals surface area contributed by atoms with Crippen molar-refractivity contribution >= 4 is 40.7 Å². The van der Waals surface area contributed by atoms with Crippen molar-refractivity contribution < 1.29 is 14.3 Å². The van der Waals surface area contributed by atoms with Crippen molar-refractivity contribution in [1.82, 2.24) is 14.2 Å². The van der Waals surface area contributed by atoms with E-state index in [0.717, 1.165) is 22.8 Å². The fourth-order valence-corrected chi connectivity index (χ4v) is 2.62. The second-order valence-corrected chi connectivity index (χ2v) is 5.43. The quantitative estimate of drug-likeness (QED) is 0.540. The molecule has 3 aromatic rings. The van der Waals surface area contributed by atoms with Gasteiger partial charge in [0.25, 0.3) is 0 Å². The molecule has 0 unspecified atom stereocenters. The van der Waals surface area contributed by atoms with Crippen LogP contribution in [-0.2, 0) is 0 Å². The molecule has 0 radical (unpaired) electrons. The molecule has 8 nitrogen and oxygen atoms in total. The lowest BCUT2D eigenvalue weighted by Crippen LogP contribution is -2.24. The number of amides is 2. The number of anilines is 1. The van der Waals surface area contributed by atoms with E-state index in [2.05, 4.69) is 24.6 Å². The Morgan fingerprint density at radius 2 is 1.96 bits per heavy atom. The summed E-state index contributed by atoms with van der Waals surface area (Å²) in [5.41, 5.74) is 5.24. The van der Waals surface area contributed by atoms with Gasteiger partial charge in [-0.2, -0.15) is 13.8 Å². The van der Waals surface area contributed by atoms with Gasteiger partial charge in [0.1, 0.15) is 22.5 Å². The number of urea groups is 1. The molecule has 0 aliphatic rings. The fourth-order valence-electron chi connectivity index (χ4n) is 2.10. The summed E-state index contributed by atoms with van der Waals surface area (Å²) in [7, 11) is 3.13. The highest BCUT2D eigenvalue weighted by Gasteiger charge is 2.05. The minimum Gasteiger partial charge on any atom is -0.497 e. The molecule has 3 rings (SSSR count). The molecule has 2 N–H and O–H groups in total. The van der Waals surface area contributed by atoms with Gasteiger partial charge in [-0.05, 0) is 30.3 Å². The topological polar surface area (TPSA) is 97.7 Å². The third-order valence-corrected chi connectivity index (χ3v) is 3.88. The summed E-state index contributed by atoms with van der Waals surface area (Å²) in [6.45, 7) is 0. The first-order valence-corrected chi connectivity index (χ1v) is 7.97. The normalized spacial score (nSPS) is 10.8. The molecule has 0 fully saturated rings. The maximum absolute atomic E-state index is 11.9. The van der Waals surface area contributed by atoms with Crippen molar-refractivity contribution in [2.45, 2.75) is 0 Å². The van der Waals surface area contributed by atoms with E-state index in [1.807, 2.05) is 0 Å². The molecule has 0 atom stereocenters. The number of ether oxygens (including phenoxy) is 2. The van der Waals surface area contributed by atoms with Crippen molar-refractivity contribution in [2.75, 3.05) is 19.5 Å². The largest absolute Gasteiger partial charge is 0.497 e. The van der Waals surface area contributed by atoms with E-state index in [-0.39, 0.29) is 0 Å². The zero-order valence-corrected chi connectivity index (χ0v) is 14.3. The highest BCUT2D eigenvalue weighted by Crippen LogP contribution is 2.23. The maximum Gasteiger partial charge on any atom is 0.339 e. The van der Waals surface area contributed by atoms with Crippen LogP contribution in [0.3, 0.4) is 0 Å². The van der Waals surface area contributed by atoms with Gasteiger partial charge in [-0.25, -0.2) is 10.2 Å². The van der Waals surface area contributed by atoms with Crippen LogP contribution in [0.25, 0.3) is 11.0 Å². The zero-order chi connectivity index (χ0) is 17.6. The van der Waals surface area contributed by atoms with Gasteiger partial charge in [0.05, 0.1) is 32.2 Å². The molecular weight excluding hydrogens is 342 g/mol. The van der Waals surface area contributed by atoms with Gasteiger partial charge < -0.3 is 14.8 Å². The number of hydrazone groups is 1. The number of rotatable bonds is 5. The second kappa shape index (κ2) is 7.58. The van der Waals surface area contributed by atoms with E-state index in [1.54, 1.807) is 50.6 Å². The van der Waals surface area contributed by atoms with E-state index >= 15 is 0 Å². The van der Waals surface area contributed by atoms with Crippen LogP contribution in [-0.4, -0.2) is 35.2 Å². The summed E-state index contributed by atoms with van der Waals surface area (Å²) < 4.78 is 18.6. The van der Waals surface area contributed by atoms with Crippen molar-refractivity contribution in [3.63, 3.8) is 0 Å². The van der Waals surface area contributed by atoms with Gasteiger partial charge in [0.15, 0.2) is 0 Å². The first kappa shape index (κ1) is 16.7. The number of benzene rings is 2. The number of carbonyl (C=O) groups is 1. The lowest BCUT2D eigenvalue weighted by molar-refractivity contribution is 0.252. The van der Waals surface area contributed by atoms with Crippen molar-refractivity contribution in [2.24, 2.45) is 5.10 Å². The zero-order valence-electron chi connectivity index (χ0n) is 13.5. The van der Waals surface area contributed by atoms with E-state index in [1.165, 1.54) is 6.21 Å². The van der Waals surface area contributed by atoms with Crippen LogP contribution in [0.5, 0.6) is 11.5 Å². The minimum atomic E-state index is -0.466. The first-order chi connectivity index (χ1) is 12.2. The molecule has 1 aromatic heterocycles. The number of carbonyl (C=O) groups excluding carboxylic acids is 1. The van der Waals surface area contributed by atoms with E-state index in [4.69, 9.17) is 9.47 Å². The summed E-state index contributed by atoms with van der Waals surface area (Å²) in [6.07, 6.45) is 1.49. The van der Waals surface area contributed by atoms with Gasteiger partial charge in [-0.3, -0.25) is 0 Å². The van der Waals surface area contributed by atoms with E-state index in [0.29, 0.717) is 22.7 Å². The molecule has 0 aliphatic carbocycles. The highest BCUT2D eigenvalue weighted by molar-refractivity contribution is 7.00. The van der Waals surface area contributed by atoms with Gasteiger partial charge in [0.2, 0.25) is 0 Å². The third-order valence-electron chi connectivity index (χ3n) is 3.32. The summed E-state index contributed by atoms with van der Waals surface area (Å²) in [5, 5.41) is 6.60. The van der Waals surface area contributed by atoms with Gasteiger partial charge in [-0.15, -0.1) is 0 Å². The molecule has 0 aliphatic heterocycles. The Morgan fingerprint density at radius 1 is 1.12 bits per heavy atom. The fraction of sp³-hybridized carbons (Fsp3) is 0.125. The van der Waals surface area contributed by atoms with Crippen molar-refractivity contribution in [3.8, 4) is 11.5 Å². The number of methoxy groups -OCH3 is 2. The van der Waals surface area contributed by atoms with Gasteiger partial charge in [-0.1, -0.05) is 0 Å². The molecule has 25 heavy (non-hydrogen) atoms. The lowest BCUT2D eigenvalue weighted by Gasteiger charge is -2.07. The molecule has 0 saturated carbocycles. The highest BCUT2D eigenvalue weighted by atomic mass is 32.1. The lowest BCUT2D eigenvalue weighted by atomic mass is 10.2. The molecule has 2 aromatic carbocycles. The molecule has 0 bridgehead atoms. The monoisotopic (exact) mass is 357 g/mol. The molecule has 128 valence electrons. The number of aromatic nitrogens is 2. The molecular formula is C16H15N5O3S. The Morgan fingerprint density at radius 3 is 2.76 bits per heavy atom. The Balaban J connectivity index is 1.62. The molecule has 9 heteroatoms. The smallest absolute Gasteiger partial charge is 0.339 e. The van der Waals surface area contributed by atoms with Gasteiger partial charge >= 0.3 is 6.03 Å². The second-order valence-electron chi connectivity index (χ2n) is 4.90. The van der Waals surface area contributed by atoms with Crippen molar-refractivity contribution in [1.29, 1.82) is 0 Å². The first-order valence-electron chi connectivity index (χ1n) is 7.24. The number of hydrogen-bond donors (Lipinski definition) is 2. The van der Waals surface area contributed by atoms with E-state index in [9.17, 15) is 4.79 Å². The summed E-state index contributed by atoms with van der Waals surface area (Å²) in [5.74, 6) is 1.26. The Labute approximate surface area is 147 Å². The summed E-state index contributed by atoms with van der Waals surface area (Å²) >= 11 is 1.13. The number of nitrogens with zero attached hydrogens (tertiary/aromatic N) is 3.